The van der Waals surface area contributed by atoms with E-state index in [4.69, 9.17) is 14.5 Å². The molecule has 3 aliphatic rings. The maximum Gasteiger partial charge on any atom is 0.414 e. The van der Waals surface area contributed by atoms with E-state index >= 15 is 0 Å². The lowest BCUT2D eigenvalue weighted by atomic mass is 9.84. The average molecular weight is 489 g/mol. The minimum Gasteiger partial charge on any atom is -0.452 e. The molecule has 2 fully saturated rings. The van der Waals surface area contributed by atoms with Crippen molar-refractivity contribution in [2.24, 2.45) is 0 Å². The molecule has 1 atom stereocenters. The number of piperidine rings is 1. The van der Waals surface area contributed by atoms with Gasteiger partial charge < -0.3 is 18.9 Å². The Balaban J connectivity index is 1.33. The van der Waals surface area contributed by atoms with E-state index in [2.05, 4.69) is 58.9 Å². The van der Waals surface area contributed by atoms with Gasteiger partial charge in [-0.1, -0.05) is 30.3 Å². The summed E-state index contributed by atoms with van der Waals surface area (Å²) in [6.07, 6.45) is 5.81. The number of imidazole rings is 1. The van der Waals surface area contributed by atoms with Gasteiger partial charge in [-0.3, -0.25) is 4.90 Å². The van der Waals surface area contributed by atoms with Gasteiger partial charge in [0.05, 0.1) is 36.0 Å². The lowest BCUT2D eigenvalue weighted by Gasteiger charge is -2.47. The Hall–Kier alpha value is -2.90. The van der Waals surface area contributed by atoms with Crippen LogP contribution >= 0.6 is 0 Å². The first-order chi connectivity index (χ1) is 17.6. The summed E-state index contributed by atoms with van der Waals surface area (Å²) >= 11 is 0. The van der Waals surface area contributed by atoms with E-state index in [0.29, 0.717) is 0 Å². The second kappa shape index (κ2) is 9.52. The molecule has 0 aliphatic carbocycles. The third kappa shape index (κ3) is 4.18. The Bertz CT molecular complexity index is 1240. The molecular formula is C29H36N4O3. The standard InChI is InChI=1S/C29H36N4O3/c1-21-8-9-23-24(33(21)28(34)35-2)10-11-25-27(23)30-26(20-22-6-4-3-5-7-22)32(25)18-17-31-15-12-29(13-16-31)14-19-36-29/h3-7,10-11,21H,8-9,12-20H2,1-2H3/t21-/m0/s1. The van der Waals surface area contributed by atoms with Crippen LogP contribution in [0.1, 0.15) is 49.6 Å². The number of likely N-dealkylation sites (tertiary alicyclic amines) is 1. The summed E-state index contributed by atoms with van der Waals surface area (Å²) in [6, 6.07) is 14.9. The van der Waals surface area contributed by atoms with Crippen molar-refractivity contribution in [1.82, 2.24) is 14.5 Å². The van der Waals surface area contributed by atoms with Crippen molar-refractivity contribution in [2.45, 2.75) is 63.6 Å². The molecule has 0 bridgehead atoms. The topological polar surface area (TPSA) is 59.8 Å². The molecule has 7 nitrogen and oxygen atoms in total. The van der Waals surface area contributed by atoms with Gasteiger partial charge in [0.2, 0.25) is 0 Å². The molecule has 1 spiro atoms. The zero-order valence-electron chi connectivity index (χ0n) is 21.4. The number of ether oxygens (including phenoxy) is 2. The number of amides is 1. The molecule has 2 saturated heterocycles. The van der Waals surface area contributed by atoms with Gasteiger partial charge in [0.1, 0.15) is 5.82 Å². The van der Waals surface area contributed by atoms with Gasteiger partial charge in [0.25, 0.3) is 0 Å². The number of anilines is 1. The number of benzene rings is 2. The Morgan fingerprint density at radius 1 is 1.11 bits per heavy atom. The molecule has 0 radical (unpaired) electrons. The van der Waals surface area contributed by atoms with Crippen LogP contribution in [-0.4, -0.2) is 65.5 Å². The molecule has 0 saturated carbocycles. The van der Waals surface area contributed by atoms with Gasteiger partial charge in [-0.25, -0.2) is 9.78 Å². The number of aromatic nitrogens is 2. The van der Waals surface area contributed by atoms with E-state index in [0.717, 1.165) is 93.0 Å². The fraction of sp³-hybridized carbons (Fsp3) is 0.517. The minimum absolute atomic E-state index is 0.107. The fourth-order valence-corrected chi connectivity index (χ4v) is 6.23. The molecule has 4 heterocycles. The molecule has 190 valence electrons. The third-order valence-electron chi connectivity index (χ3n) is 8.54. The van der Waals surface area contributed by atoms with E-state index in [-0.39, 0.29) is 17.7 Å². The number of nitrogens with zero attached hydrogens (tertiary/aromatic N) is 4. The lowest BCUT2D eigenvalue weighted by Crippen LogP contribution is -2.52. The van der Waals surface area contributed by atoms with Crippen LogP contribution in [-0.2, 0) is 28.9 Å². The SMILES string of the molecule is COC(=O)N1c2ccc3c(nc(Cc4ccccc4)n3CCN3CCC4(CCO4)CC3)c2CC[C@@H]1C. The van der Waals surface area contributed by atoms with Crippen LogP contribution in [0.3, 0.4) is 0 Å². The maximum atomic E-state index is 12.6. The first-order valence-electron chi connectivity index (χ1n) is 13.4. The smallest absolute Gasteiger partial charge is 0.414 e. The number of rotatable bonds is 5. The molecule has 1 amide bonds. The first-order valence-corrected chi connectivity index (χ1v) is 13.4. The predicted molar refractivity (Wildman–Crippen MR) is 141 cm³/mol. The summed E-state index contributed by atoms with van der Waals surface area (Å²) in [6.45, 7) is 7.12. The first kappa shape index (κ1) is 23.5. The largest absolute Gasteiger partial charge is 0.452 e. The number of hydrogen-bond acceptors (Lipinski definition) is 5. The second-order valence-corrected chi connectivity index (χ2v) is 10.6. The van der Waals surface area contributed by atoms with Gasteiger partial charge in [-0.15, -0.1) is 0 Å². The van der Waals surface area contributed by atoms with Crippen molar-refractivity contribution in [3.05, 3.63) is 59.4 Å². The van der Waals surface area contributed by atoms with Gasteiger partial charge >= 0.3 is 6.09 Å². The zero-order chi connectivity index (χ0) is 24.7. The number of carbonyl (C=O) groups excluding carboxylic acids is 1. The molecule has 0 N–H and O–H groups in total. The minimum atomic E-state index is -0.301. The third-order valence-corrected chi connectivity index (χ3v) is 8.54. The zero-order valence-corrected chi connectivity index (χ0v) is 21.4. The number of methoxy groups -OCH3 is 1. The van der Waals surface area contributed by atoms with Crippen LogP contribution in [0.15, 0.2) is 42.5 Å². The van der Waals surface area contributed by atoms with Gasteiger partial charge in [-0.05, 0) is 56.7 Å². The van der Waals surface area contributed by atoms with Crippen molar-refractivity contribution >= 4 is 22.8 Å². The summed E-state index contributed by atoms with van der Waals surface area (Å²) in [5.41, 5.74) is 5.72. The Labute approximate surface area is 213 Å². The molecule has 3 aliphatic heterocycles. The van der Waals surface area contributed by atoms with E-state index < -0.39 is 0 Å². The van der Waals surface area contributed by atoms with Crippen LogP contribution in [0.25, 0.3) is 11.0 Å². The molecule has 1 aromatic heterocycles. The van der Waals surface area contributed by atoms with Crippen molar-refractivity contribution in [2.75, 3.05) is 38.3 Å². The normalized spacial score (nSPS) is 21.4. The average Bonchev–Trinajstić information content (AvgIpc) is 3.24. The van der Waals surface area contributed by atoms with Crippen LogP contribution in [0.2, 0.25) is 0 Å². The molecule has 7 heteroatoms. The highest BCUT2D eigenvalue weighted by Crippen LogP contribution is 2.38. The van der Waals surface area contributed by atoms with E-state index in [1.807, 2.05) is 0 Å². The monoisotopic (exact) mass is 488 g/mol. The van der Waals surface area contributed by atoms with Gasteiger partial charge in [0.15, 0.2) is 0 Å². The van der Waals surface area contributed by atoms with Crippen molar-refractivity contribution in [3.63, 3.8) is 0 Å². The van der Waals surface area contributed by atoms with E-state index in [9.17, 15) is 4.79 Å². The highest BCUT2D eigenvalue weighted by molar-refractivity contribution is 5.95. The molecular weight excluding hydrogens is 452 g/mol. The number of carbonyl (C=O) groups is 1. The number of fused-ring (bicyclic) bond motifs is 3. The summed E-state index contributed by atoms with van der Waals surface area (Å²) < 4.78 is 13.4. The number of hydrogen-bond donors (Lipinski definition) is 0. The Morgan fingerprint density at radius 2 is 1.89 bits per heavy atom. The van der Waals surface area contributed by atoms with E-state index in [1.54, 1.807) is 4.90 Å². The molecule has 36 heavy (non-hydrogen) atoms. The number of aryl methyl sites for hydroxylation is 1. The van der Waals surface area contributed by atoms with Gasteiger partial charge in [-0.2, -0.15) is 0 Å². The Kier molecular flexibility index (Phi) is 6.21. The molecule has 0 unspecified atom stereocenters. The molecule has 2 aromatic carbocycles. The highest BCUT2D eigenvalue weighted by atomic mass is 16.5. The Morgan fingerprint density at radius 3 is 2.58 bits per heavy atom. The van der Waals surface area contributed by atoms with Crippen LogP contribution in [0.5, 0.6) is 0 Å². The lowest BCUT2D eigenvalue weighted by molar-refractivity contribution is -0.172. The van der Waals surface area contributed by atoms with Gasteiger partial charge in [0, 0.05) is 44.2 Å². The summed E-state index contributed by atoms with van der Waals surface area (Å²) in [7, 11) is 1.45. The van der Waals surface area contributed by atoms with Crippen molar-refractivity contribution in [1.29, 1.82) is 0 Å². The summed E-state index contributed by atoms with van der Waals surface area (Å²) in [5, 5.41) is 0. The van der Waals surface area contributed by atoms with Crippen LogP contribution in [0, 0.1) is 0 Å². The molecule has 6 rings (SSSR count). The van der Waals surface area contributed by atoms with Crippen molar-refractivity contribution < 1.29 is 14.3 Å². The van der Waals surface area contributed by atoms with Crippen molar-refractivity contribution in [3.8, 4) is 0 Å². The highest BCUT2D eigenvalue weighted by Gasteiger charge is 2.41. The molecule has 3 aromatic rings. The fourth-order valence-electron chi connectivity index (χ4n) is 6.23. The van der Waals surface area contributed by atoms with Crippen LogP contribution < -0.4 is 4.90 Å². The summed E-state index contributed by atoms with van der Waals surface area (Å²) in [5.74, 6) is 1.09. The summed E-state index contributed by atoms with van der Waals surface area (Å²) in [4.78, 5) is 22.2. The maximum absolute atomic E-state index is 12.6. The second-order valence-electron chi connectivity index (χ2n) is 10.6. The quantitative estimate of drug-likeness (QED) is 0.517. The predicted octanol–water partition coefficient (Wildman–Crippen LogP) is 4.79. The van der Waals surface area contributed by atoms with Crippen LogP contribution in [0.4, 0.5) is 10.5 Å². The van der Waals surface area contributed by atoms with E-state index in [1.165, 1.54) is 19.1 Å².